The lowest BCUT2D eigenvalue weighted by atomic mass is 10.1. The maximum absolute atomic E-state index is 14.6. The molecule has 3 rings (SSSR count). The molecule has 0 fully saturated rings. The molecule has 0 aliphatic carbocycles. The number of hydrogen-bond donors (Lipinski definition) is 1. The van der Waals surface area contributed by atoms with E-state index in [0.717, 1.165) is 41.3 Å². The van der Waals surface area contributed by atoms with E-state index in [1.54, 1.807) is 0 Å². The first kappa shape index (κ1) is 30.8. The zero-order valence-electron chi connectivity index (χ0n) is 19.8. The minimum atomic E-state index is -5.13. The molecule has 218 valence electrons. The van der Waals surface area contributed by atoms with E-state index < -0.39 is 66.8 Å². The Hall–Kier alpha value is -3.75. The Kier molecular flexibility index (Phi) is 9.07. The van der Waals surface area contributed by atoms with Gasteiger partial charge in [0.2, 0.25) is 0 Å². The van der Waals surface area contributed by atoms with E-state index in [2.05, 4.69) is 4.74 Å². The number of hydrogen-bond acceptors (Lipinski definition) is 4. The van der Waals surface area contributed by atoms with Crippen LogP contribution in [0.25, 0.3) is 0 Å². The topological polar surface area (TPSA) is 41.9 Å². The Morgan fingerprint density at radius 2 is 1.35 bits per heavy atom. The Morgan fingerprint density at radius 1 is 0.775 bits per heavy atom. The summed E-state index contributed by atoms with van der Waals surface area (Å²) in [5, 5.41) is 9.62. The van der Waals surface area contributed by atoms with Crippen molar-refractivity contribution in [3.8, 4) is 17.2 Å². The summed E-state index contributed by atoms with van der Waals surface area (Å²) in [6.07, 6.45) is -22.1. The minimum absolute atomic E-state index is 0.147. The van der Waals surface area contributed by atoms with Crippen LogP contribution in [0.2, 0.25) is 0 Å². The van der Waals surface area contributed by atoms with Gasteiger partial charge < -0.3 is 19.5 Å². The molecule has 3 aromatic carbocycles. The molecule has 0 aliphatic rings. The van der Waals surface area contributed by atoms with Gasteiger partial charge in [-0.05, 0) is 30.3 Å². The molecule has 4 nitrogen and oxygen atoms in total. The fourth-order valence-electron chi connectivity index (χ4n) is 3.38. The molecule has 3 aromatic rings. The summed E-state index contributed by atoms with van der Waals surface area (Å²) in [6, 6.07) is 11.1. The number of aliphatic hydroxyl groups is 1. The SMILES string of the molecule is OC(CN(Cc1cccc(C(F)(F)F)c1F)c1cccc(Oc2cccc(OC(F)(F)C(F)F)c2)c1)C(F)(F)F. The first-order valence-corrected chi connectivity index (χ1v) is 11.0. The number of aliphatic hydroxyl groups excluding tert-OH is 1. The van der Waals surface area contributed by atoms with Crippen molar-refractivity contribution < 1.29 is 62.9 Å². The van der Waals surface area contributed by atoms with Crippen LogP contribution in [0.4, 0.5) is 54.0 Å². The third-order valence-corrected chi connectivity index (χ3v) is 5.25. The molecule has 0 aromatic heterocycles. The largest absolute Gasteiger partial charge is 0.461 e. The van der Waals surface area contributed by atoms with Gasteiger partial charge in [-0.2, -0.15) is 43.9 Å². The summed E-state index contributed by atoms with van der Waals surface area (Å²) in [7, 11) is 0. The van der Waals surface area contributed by atoms with E-state index in [9.17, 15) is 53.4 Å². The summed E-state index contributed by atoms with van der Waals surface area (Å²) in [6.45, 7) is -2.05. The van der Waals surface area contributed by atoms with Gasteiger partial charge in [0.15, 0.2) is 6.10 Å². The average molecular weight is 589 g/mol. The zero-order valence-corrected chi connectivity index (χ0v) is 19.8. The quantitative estimate of drug-likeness (QED) is 0.245. The third kappa shape index (κ3) is 7.90. The van der Waals surface area contributed by atoms with Crippen LogP contribution in [-0.4, -0.2) is 36.5 Å². The second-order valence-corrected chi connectivity index (χ2v) is 8.25. The summed E-state index contributed by atoms with van der Waals surface area (Å²) >= 11 is 0. The molecule has 0 saturated carbocycles. The molecule has 0 radical (unpaired) electrons. The molecule has 1 N–H and O–H groups in total. The fraction of sp³-hybridized carbons (Fsp3) is 0.280. The molecule has 1 atom stereocenters. The fourth-order valence-corrected chi connectivity index (χ4v) is 3.38. The molecular weight excluding hydrogens is 571 g/mol. The lowest BCUT2D eigenvalue weighted by molar-refractivity contribution is -0.253. The van der Waals surface area contributed by atoms with E-state index in [1.165, 1.54) is 24.3 Å². The van der Waals surface area contributed by atoms with Crippen LogP contribution in [0.15, 0.2) is 66.7 Å². The van der Waals surface area contributed by atoms with Crippen molar-refractivity contribution in [1.82, 2.24) is 0 Å². The van der Waals surface area contributed by atoms with Crippen molar-refractivity contribution in [2.24, 2.45) is 0 Å². The third-order valence-electron chi connectivity index (χ3n) is 5.25. The van der Waals surface area contributed by atoms with Crippen LogP contribution >= 0.6 is 0 Å². The second kappa shape index (κ2) is 11.8. The highest BCUT2D eigenvalue weighted by Crippen LogP contribution is 2.35. The normalized spacial score (nSPS) is 13.3. The molecule has 0 spiro atoms. The van der Waals surface area contributed by atoms with Crippen molar-refractivity contribution in [1.29, 1.82) is 0 Å². The van der Waals surface area contributed by atoms with E-state index in [-0.39, 0.29) is 17.2 Å². The number of ether oxygens (including phenoxy) is 2. The van der Waals surface area contributed by atoms with Crippen LogP contribution in [0.5, 0.6) is 17.2 Å². The van der Waals surface area contributed by atoms with E-state index in [1.807, 2.05) is 0 Å². The molecule has 0 bridgehead atoms. The maximum Gasteiger partial charge on any atom is 0.461 e. The van der Waals surface area contributed by atoms with E-state index >= 15 is 0 Å². The van der Waals surface area contributed by atoms with E-state index in [4.69, 9.17) is 4.74 Å². The average Bonchev–Trinajstić information content (AvgIpc) is 2.83. The predicted octanol–water partition coefficient (Wildman–Crippen LogP) is 7.80. The van der Waals surface area contributed by atoms with Gasteiger partial charge in [0.25, 0.3) is 0 Å². The van der Waals surface area contributed by atoms with Gasteiger partial charge in [-0.3, -0.25) is 0 Å². The van der Waals surface area contributed by atoms with E-state index in [0.29, 0.717) is 6.07 Å². The lowest BCUT2D eigenvalue weighted by Crippen LogP contribution is -2.41. The van der Waals surface area contributed by atoms with Crippen LogP contribution in [0.1, 0.15) is 11.1 Å². The number of anilines is 1. The molecule has 0 saturated heterocycles. The molecule has 1 unspecified atom stereocenters. The van der Waals surface area contributed by atoms with Crippen LogP contribution in [-0.2, 0) is 12.7 Å². The highest BCUT2D eigenvalue weighted by molar-refractivity contribution is 5.52. The number of benzene rings is 3. The van der Waals surface area contributed by atoms with Crippen LogP contribution < -0.4 is 14.4 Å². The summed E-state index contributed by atoms with van der Waals surface area (Å²) in [4.78, 5) is 0.756. The van der Waals surface area contributed by atoms with Gasteiger partial charge in [-0.25, -0.2) is 4.39 Å². The van der Waals surface area contributed by atoms with Crippen molar-refractivity contribution in [2.75, 3.05) is 11.4 Å². The van der Waals surface area contributed by atoms with Gasteiger partial charge >= 0.3 is 24.9 Å². The summed E-state index contributed by atoms with van der Waals surface area (Å²) in [5.74, 6) is -2.78. The molecule has 0 aliphatic heterocycles. The number of halogens is 11. The Morgan fingerprint density at radius 3 is 1.95 bits per heavy atom. The van der Waals surface area contributed by atoms with Gasteiger partial charge in [-0.15, -0.1) is 0 Å². The minimum Gasteiger partial charge on any atom is -0.457 e. The monoisotopic (exact) mass is 589 g/mol. The predicted molar refractivity (Wildman–Crippen MR) is 119 cm³/mol. The van der Waals surface area contributed by atoms with Crippen LogP contribution in [0.3, 0.4) is 0 Å². The van der Waals surface area contributed by atoms with Crippen molar-refractivity contribution in [2.45, 2.75) is 37.5 Å². The summed E-state index contributed by atoms with van der Waals surface area (Å²) in [5.41, 5.74) is -2.42. The molecule has 0 amide bonds. The van der Waals surface area contributed by atoms with Gasteiger partial charge in [-0.1, -0.05) is 24.3 Å². The maximum atomic E-state index is 14.6. The summed E-state index contributed by atoms with van der Waals surface area (Å²) < 4.78 is 154. The van der Waals surface area contributed by atoms with Crippen molar-refractivity contribution >= 4 is 5.69 Å². The first-order valence-electron chi connectivity index (χ1n) is 11.0. The molecule has 0 heterocycles. The standard InChI is InChI=1S/C25H18F11NO3/c26-21-14(4-1-9-19(21)23(29,30)31)12-37(13-20(38)24(32,33)34)15-5-2-6-16(10-15)39-17-7-3-8-18(11-17)40-25(35,36)22(27)28/h1-11,20,22,38H,12-13H2. The first-order chi connectivity index (χ1) is 18.5. The van der Waals surface area contributed by atoms with Gasteiger partial charge in [0.1, 0.15) is 23.1 Å². The Labute approximate surface area is 219 Å². The zero-order chi connectivity index (χ0) is 29.9. The van der Waals surface area contributed by atoms with Gasteiger partial charge in [0, 0.05) is 29.9 Å². The molecule has 15 heteroatoms. The lowest BCUT2D eigenvalue weighted by Gasteiger charge is -2.29. The number of alkyl halides is 10. The number of rotatable bonds is 10. The van der Waals surface area contributed by atoms with Crippen molar-refractivity contribution in [3.05, 3.63) is 83.7 Å². The van der Waals surface area contributed by atoms with Crippen LogP contribution in [0, 0.1) is 5.82 Å². The van der Waals surface area contributed by atoms with Gasteiger partial charge in [0.05, 0.1) is 12.1 Å². The Balaban J connectivity index is 1.92. The number of nitrogens with zero attached hydrogens (tertiary/aromatic N) is 1. The smallest absolute Gasteiger partial charge is 0.457 e. The molecule has 40 heavy (non-hydrogen) atoms. The highest BCUT2D eigenvalue weighted by Gasteiger charge is 2.44. The molecular formula is C25H18F11NO3. The second-order valence-electron chi connectivity index (χ2n) is 8.25. The Bertz CT molecular complexity index is 1300. The highest BCUT2D eigenvalue weighted by atomic mass is 19.4. The van der Waals surface area contributed by atoms with Crippen molar-refractivity contribution in [3.63, 3.8) is 0 Å².